The molecule has 23 heavy (non-hydrogen) atoms. The van der Waals surface area contributed by atoms with Gasteiger partial charge in [-0.3, -0.25) is 9.69 Å². The SMILES string of the molecule is CC(=O)c1ccc(O)c(N2C(N)=NC(N)=NC23CCCCC3)c1. The lowest BCUT2D eigenvalue weighted by molar-refractivity contribution is 0.101. The Bertz CT molecular complexity index is 704. The number of benzene rings is 1. The van der Waals surface area contributed by atoms with Crippen LogP contribution in [0.15, 0.2) is 28.2 Å². The quantitative estimate of drug-likeness (QED) is 0.718. The minimum atomic E-state index is -0.638. The minimum absolute atomic E-state index is 0.0359. The Hall–Kier alpha value is -2.57. The molecule has 0 unspecified atom stereocenters. The number of nitrogens with two attached hydrogens (primary N) is 2. The lowest BCUT2D eigenvalue weighted by Gasteiger charge is -2.45. The van der Waals surface area contributed by atoms with E-state index < -0.39 is 5.66 Å². The van der Waals surface area contributed by atoms with Crippen LogP contribution in [-0.2, 0) is 0 Å². The minimum Gasteiger partial charge on any atom is -0.506 e. The number of phenolic OH excluding ortho intramolecular Hbond substituents is 1. The number of aromatic hydroxyl groups is 1. The van der Waals surface area contributed by atoms with Gasteiger partial charge < -0.3 is 16.6 Å². The average molecular weight is 315 g/mol. The van der Waals surface area contributed by atoms with Gasteiger partial charge in [0.2, 0.25) is 11.9 Å². The largest absolute Gasteiger partial charge is 0.506 e. The van der Waals surface area contributed by atoms with Gasteiger partial charge in [0.05, 0.1) is 5.69 Å². The zero-order chi connectivity index (χ0) is 16.6. The first-order valence-electron chi connectivity index (χ1n) is 7.77. The van der Waals surface area contributed by atoms with Crippen LogP contribution in [0.1, 0.15) is 49.4 Å². The van der Waals surface area contributed by atoms with Crippen molar-refractivity contribution in [3.05, 3.63) is 23.8 Å². The van der Waals surface area contributed by atoms with Gasteiger partial charge >= 0.3 is 0 Å². The molecule has 1 aromatic carbocycles. The van der Waals surface area contributed by atoms with E-state index in [1.807, 2.05) is 0 Å². The number of hydrogen-bond acceptors (Lipinski definition) is 7. The third-order valence-electron chi connectivity index (χ3n) is 4.47. The summed E-state index contributed by atoms with van der Waals surface area (Å²) in [6.45, 7) is 1.48. The van der Waals surface area contributed by atoms with Crippen molar-refractivity contribution < 1.29 is 9.90 Å². The van der Waals surface area contributed by atoms with E-state index in [0.29, 0.717) is 11.3 Å². The molecular formula is C16H21N5O2. The zero-order valence-corrected chi connectivity index (χ0v) is 13.1. The Morgan fingerprint density at radius 2 is 1.96 bits per heavy atom. The number of guanidine groups is 2. The Morgan fingerprint density at radius 1 is 1.26 bits per heavy atom. The van der Waals surface area contributed by atoms with Gasteiger partial charge in [0.25, 0.3) is 0 Å². The van der Waals surface area contributed by atoms with E-state index in [-0.39, 0.29) is 23.5 Å². The van der Waals surface area contributed by atoms with Crippen molar-refractivity contribution in [1.29, 1.82) is 0 Å². The highest BCUT2D eigenvalue weighted by Crippen LogP contribution is 2.42. The van der Waals surface area contributed by atoms with Gasteiger partial charge in [-0.15, -0.1) is 0 Å². The first-order chi connectivity index (χ1) is 10.9. The molecule has 1 aliphatic heterocycles. The predicted molar refractivity (Wildman–Crippen MR) is 89.7 cm³/mol. The van der Waals surface area contributed by atoms with Gasteiger partial charge in [0.15, 0.2) is 5.78 Å². The first kappa shape index (κ1) is 15.3. The van der Waals surface area contributed by atoms with Crippen molar-refractivity contribution in [1.82, 2.24) is 0 Å². The number of rotatable bonds is 2. The number of aliphatic imine (C=N–C) groups is 2. The molecule has 1 fully saturated rings. The summed E-state index contributed by atoms with van der Waals surface area (Å²) in [5.74, 6) is 0.298. The number of carbonyl (C=O) groups is 1. The molecule has 0 aromatic heterocycles. The summed E-state index contributed by atoms with van der Waals surface area (Å²) in [5.41, 5.74) is 12.3. The van der Waals surface area contributed by atoms with Gasteiger partial charge in [-0.25, -0.2) is 4.99 Å². The normalized spacial score (nSPS) is 20.1. The molecule has 7 nitrogen and oxygen atoms in total. The number of phenols is 1. The van der Waals surface area contributed by atoms with Crippen molar-refractivity contribution in [2.24, 2.45) is 21.5 Å². The van der Waals surface area contributed by atoms with E-state index >= 15 is 0 Å². The Morgan fingerprint density at radius 3 is 2.61 bits per heavy atom. The average Bonchev–Trinajstić information content (AvgIpc) is 2.48. The summed E-state index contributed by atoms with van der Waals surface area (Å²) in [7, 11) is 0. The fourth-order valence-electron chi connectivity index (χ4n) is 3.39. The van der Waals surface area contributed by atoms with E-state index in [4.69, 9.17) is 11.5 Å². The second kappa shape index (κ2) is 5.57. The molecule has 1 saturated carbocycles. The second-order valence-corrected chi connectivity index (χ2v) is 6.08. The van der Waals surface area contributed by atoms with Crippen LogP contribution in [0, 0.1) is 0 Å². The molecule has 0 bridgehead atoms. The lowest BCUT2D eigenvalue weighted by Crippen LogP contribution is -2.58. The maximum Gasteiger partial charge on any atom is 0.220 e. The van der Waals surface area contributed by atoms with Crippen LogP contribution in [0.5, 0.6) is 5.75 Å². The van der Waals surface area contributed by atoms with Gasteiger partial charge in [-0.1, -0.05) is 6.42 Å². The summed E-state index contributed by atoms with van der Waals surface area (Å²) in [4.78, 5) is 22.0. The number of hydrogen-bond donors (Lipinski definition) is 3. The van der Waals surface area contributed by atoms with Crippen LogP contribution < -0.4 is 16.4 Å². The van der Waals surface area contributed by atoms with Gasteiger partial charge in [-0.05, 0) is 50.8 Å². The fraction of sp³-hybridized carbons (Fsp3) is 0.438. The van der Waals surface area contributed by atoms with E-state index in [0.717, 1.165) is 32.1 Å². The Kier molecular flexibility index (Phi) is 3.71. The highest BCUT2D eigenvalue weighted by Gasteiger charge is 2.43. The van der Waals surface area contributed by atoms with Crippen LogP contribution in [0.4, 0.5) is 5.69 Å². The molecule has 1 aromatic rings. The molecule has 1 spiro atoms. The van der Waals surface area contributed by atoms with E-state index in [9.17, 15) is 9.90 Å². The zero-order valence-electron chi connectivity index (χ0n) is 13.1. The third-order valence-corrected chi connectivity index (χ3v) is 4.47. The number of ketones is 1. The summed E-state index contributed by atoms with van der Waals surface area (Å²) < 4.78 is 0. The maximum atomic E-state index is 11.7. The second-order valence-electron chi connectivity index (χ2n) is 6.08. The summed E-state index contributed by atoms with van der Waals surface area (Å²) in [5, 5.41) is 10.3. The highest BCUT2D eigenvalue weighted by molar-refractivity contribution is 6.07. The van der Waals surface area contributed by atoms with E-state index in [2.05, 4.69) is 9.98 Å². The predicted octanol–water partition coefficient (Wildman–Crippen LogP) is 1.70. The highest BCUT2D eigenvalue weighted by atomic mass is 16.3. The van der Waals surface area contributed by atoms with Gasteiger partial charge in [-0.2, -0.15) is 4.99 Å². The number of Topliss-reactive ketones (excluding diaryl/α,β-unsaturated/α-hetero) is 1. The smallest absolute Gasteiger partial charge is 0.220 e. The van der Waals surface area contributed by atoms with Crippen molar-refractivity contribution in [2.45, 2.75) is 44.7 Å². The van der Waals surface area contributed by atoms with Crippen molar-refractivity contribution in [3.63, 3.8) is 0 Å². The molecular weight excluding hydrogens is 294 g/mol. The molecule has 0 saturated heterocycles. The van der Waals surface area contributed by atoms with Crippen LogP contribution in [0.25, 0.3) is 0 Å². The van der Waals surface area contributed by atoms with Crippen LogP contribution in [0.3, 0.4) is 0 Å². The summed E-state index contributed by atoms with van der Waals surface area (Å²) >= 11 is 0. The summed E-state index contributed by atoms with van der Waals surface area (Å²) in [6.07, 6.45) is 4.66. The van der Waals surface area contributed by atoms with Gasteiger partial charge in [0.1, 0.15) is 11.4 Å². The lowest BCUT2D eigenvalue weighted by atomic mass is 9.87. The van der Waals surface area contributed by atoms with Crippen LogP contribution >= 0.6 is 0 Å². The Labute approximate surface area is 134 Å². The number of nitrogens with zero attached hydrogens (tertiary/aromatic N) is 3. The number of carbonyl (C=O) groups excluding carboxylic acids is 1. The van der Waals surface area contributed by atoms with Gasteiger partial charge in [0, 0.05) is 5.56 Å². The fourth-order valence-corrected chi connectivity index (χ4v) is 3.39. The molecule has 7 heteroatoms. The molecule has 1 aliphatic carbocycles. The van der Waals surface area contributed by atoms with E-state index in [1.165, 1.54) is 13.0 Å². The molecule has 122 valence electrons. The molecule has 5 N–H and O–H groups in total. The molecule has 0 amide bonds. The van der Waals surface area contributed by atoms with Crippen LogP contribution in [-0.4, -0.2) is 28.5 Å². The van der Waals surface area contributed by atoms with Crippen molar-refractivity contribution in [3.8, 4) is 5.75 Å². The summed E-state index contributed by atoms with van der Waals surface area (Å²) in [6, 6.07) is 4.72. The third kappa shape index (κ3) is 2.62. The topological polar surface area (TPSA) is 117 Å². The van der Waals surface area contributed by atoms with Crippen LogP contribution in [0.2, 0.25) is 0 Å². The number of anilines is 1. The molecule has 2 aliphatic rings. The standard InChI is InChI=1S/C16H21N5O2/c1-10(22)11-5-6-13(23)12(9-11)21-15(18)19-14(17)20-16(21)7-3-2-4-8-16/h5-6,9,23H,2-4,7-8H2,1H3,(H4,17,18,19,20). The monoisotopic (exact) mass is 315 g/mol. The Balaban J connectivity index is 2.14. The van der Waals surface area contributed by atoms with Crippen molar-refractivity contribution in [2.75, 3.05) is 4.90 Å². The maximum absolute atomic E-state index is 11.7. The molecule has 3 rings (SSSR count). The van der Waals surface area contributed by atoms with Crippen molar-refractivity contribution >= 4 is 23.4 Å². The molecule has 1 heterocycles. The molecule has 0 atom stereocenters. The first-order valence-corrected chi connectivity index (χ1v) is 7.77. The van der Waals surface area contributed by atoms with E-state index in [1.54, 1.807) is 17.0 Å². The molecule has 0 radical (unpaired) electrons.